The number of halogens is 1. The van der Waals surface area contributed by atoms with Gasteiger partial charge in [0.1, 0.15) is 17.7 Å². The lowest BCUT2D eigenvalue weighted by atomic mass is 9.78. The minimum atomic E-state index is -0.698. The second kappa shape index (κ2) is 4.97. The summed E-state index contributed by atoms with van der Waals surface area (Å²) in [6.45, 7) is 8.89. The Balaban J connectivity index is 1.77. The molecule has 2 aliphatic rings. The maximum absolute atomic E-state index is 14.3. The van der Waals surface area contributed by atoms with Crippen molar-refractivity contribution in [3.63, 3.8) is 0 Å². The highest BCUT2D eigenvalue weighted by Gasteiger charge is 2.52. The molecule has 0 spiro atoms. The second-order valence-electron chi connectivity index (χ2n) is 6.55. The van der Waals surface area contributed by atoms with Gasteiger partial charge in [0.25, 0.3) is 0 Å². The number of rotatable bonds is 3. The molecule has 2 fully saturated rings. The maximum atomic E-state index is 14.3. The minimum Gasteiger partial charge on any atom is -0.485 e. The van der Waals surface area contributed by atoms with Crippen LogP contribution in [0.25, 0.3) is 0 Å². The van der Waals surface area contributed by atoms with E-state index in [2.05, 4.69) is 0 Å². The van der Waals surface area contributed by atoms with E-state index in [0.717, 1.165) is 0 Å². The SMILES string of the molecule is CC1(C)OB(c2ccc(OC3COC3)cc2F)OC1(C)C. The number of benzene rings is 1. The average Bonchev–Trinajstić information content (AvgIpc) is 2.53. The van der Waals surface area contributed by atoms with E-state index < -0.39 is 18.3 Å². The topological polar surface area (TPSA) is 36.9 Å². The Hall–Kier alpha value is -1.11. The molecule has 2 aliphatic heterocycles. The van der Waals surface area contributed by atoms with Gasteiger partial charge in [0.15, 0.2) is 0 Å². The average molecular weight is 294 g/mol. The van der Waals surface area contributed by atoms with E-state index in [0.29, 0.717) is 24.4 Å². The van der Waals surface area contributed by atoms with Crippen LogP contribution in [0.1, 0.15) is 27.7 Å². The molecule has 0 unspecified atom stereocenters. The first-order chi connectivity index (χ1) is 9.78. The lowest BCUT2D eigenvalue weighted by molar-refractivity contribution is -0.0797. The third-order valence-corrected chi connectivity index (χ3v) is 4.39. The van der Waals surface area contributed by atoms with Crippen molar-refractivity contribution in [1.29, 1.82) is 0 Å². The highest BCUT2D eigenvalue weighted by atomic mass is 19.1. The zero-order valence-electron chi connectivity index (χ0n) is 12.8. The van der Waals surface area contributed by atoms with Crippen molar-refractivity contribution in [3.8, 4) is 5.75 Å². The quantitative estimate of drug-likeness (QED) is 0.798. The predicted octanol–water partition coefficient (Wildman–Crippen LogP) is 1.90. The summed E-state index contributed by atoms with van der Waals surface area (Å²) < 4.78 is 36.6. The maximum Gasteiger partial charge on any atom is 0.497 e. The Labute approximate surface area is 124 Å². The van der Waals surface area contributed by atoms with Crippen LogP contribution in [0.4, 0.5) is 4.39 Å². The molecular weight excluding hydrogens is 274 g/mol. The predicted molar refractivity (Wildman–Crippen MR) is 77.4 cm³/mol. The van der Waals surface area contributed by atoms with Crippen LogP contribution in [0.5, 0.6) is 5.75 Å². The summed E-state index contributed by atoms with van der Waals surface area (Å²) >= 11 is 0. The van der Waals surface area contributed by atoms with Crippen LogP contribution in [-0.2, 0) is 14.0 Å². The Morgan fingerprint density at radius 2 is 1.76 bits per heavy atom. The van der Waals surface area contributed by atoms with E-state index in [4.69, 9.17) is 18.8 Å². The van der Waals surface area contributed by atoms with Crippen LogP contribution in [0.2, 0.25) is 0 Å². The van der Waals surface area contributed by atoms with Crippen LogP contribution in [0.15, 0.2) is 18.2 Å². The zero-order chi connectivity index (χ0) is 15.3. The fourth-order valence-electron chi connectivity index (χ4n) is 2.22. The number of hydrogen-bond donors (Lipinski definition) is 0. The van der Waals surface area contributed by atoms with Gasteiger partial charge in [-0.2, -0.15) is 0 Å². The van der Waals surface area contributed by atoms with Crippen molar-refractivity contribution in [2.75, 3.05) is 13.2 Å². The fourth-order valence-corrected chi connectivity index (χ4v) is 2.22. The highest BCUT2D eigenvalue weighted by molar-refractivity contribution is 6.62. The molecule has 0 bridgehead atoms. The van der Waals surface area contributed by atoms with Gasteiger partial charge in [0.05, 0.1) is 24.4 Å². The third-order valence-electron chi connectivity index (χ3n) is 4.39. The minimum absolute atomic E-state index is 0.0205. The van der Waals surface area contributed by atoms with Gasteiger partial charge >= 0.3 is 7.12 Å². The zero-order valence-corrected chi connectivity index (χ0v) is 12.8. The molecule has 6 heteroatoms. The van der Waals surface area contributed by atoms with Gasteiger partial charge < -0.3 is 18.8 Å². The van der Waals surface area contributed by atoms with Gasteiger partial charge in [0.2, 0.25) is 0 Å². The molecule has 1 aromatic carbocycles. The van der Waals surface area contributed by atoms with Crippen LogP contribution in [0, 0.1) is 5.82 Å². The van der Waals surface area contributed by atoms with Crippen molar-refractivity contribution in [2.24, 2.45) is 0 Å². The Bertz CT molecular complexity index is 526. The lowest BCUT2D eigenvalue weighted by Crippen LogP contribution is -2.41. The van der Waals surface area contributed by atoms with E-state index in [1.54, 1.807) is 12.1 Å². The summed E-state index contributed by atoms with van der Waals surface area (Å²) in [6.07, 6.45) is 0.0205. The van der Waals surface area contributed by atoms with Crippen LogP contribution in [-0.4, -0.2) is 37.6 Å². The van der Waals surface area contributed by atoms with Crippen molar-refractivity contribution in [2.45, 2.75) is 45.0 Å². The normalized spacial score (nSPS) is 24.0. The fraction of sp³-hybridized carbons (Fsp3) is 0.600. The van der Waals surface area contributed by atoms with E-state index in [1.807, 2.05) is 27.7 Å². The Kier molecular flexibility index (Phi) is 3.51. The van der Waals surface area contributed by atoms with Crippen molar-refractivity contribution in [1.82, 2.24) is 0 Å². The van der Waals surface area contributed by atoms with Crippen LogP contribution >= 0.6 is 0 Å². The third kappa shape index (κ3) is 2.68. The molecule has 2 heterocycles. The molecule has 4 nitrogen and oxygen atoms in total. The first-order valence-electron chi connectivity index (χ1n) is 7.18. The molecule has 0 aromatic heterocycles. The summed E-state index contributed by atoms with van der Waals surface area (Å²) in [7, 11) is -0.698. The molecule has 0 aliphatic carbocycles. The largest absolute Gasteiger partial charge is 0.497 e. The molecule has 3 rings (SSSR count). The van der Waals surface area contributed by atoms with Crippen LogP contribution < -0.4 is 10.2 Å². The molecule has 1 aromatic rings. The lowest BCUT2D eigenvalue weighted by Gasteiger charge is -2.32. The summed E-state index contributed by atoms with van der Waals surface area (Å²) in [4.78, 5) is 0. The first-order valence-corrected chi connectivity index (χ1v) is 7.18. The monoisotopic (exact) mass is 294 g/mol. The Morgan fingerprint density at radius 1 is 1.14 bits per heavy atom. The highest BCUT2D eigenvalue weighted by Crippen LogP contribution is 2.36. The summed E-state index contributed by atoms with van der Waals surface area (Å²) in [5, 5.41) is 0. The van der Waals surface area contributed by atoms with Crippen LogP contribution in [0.3, 0.4) is 0 Å². The van der Waals surface area contributed by atoms with Crippen molar-refractivity contribution in [3.05, 3.63) is 24.0 Å². The first kappa shape index (κ1) is 14.8. The van der Waals surface area contributed by atoms with Gasteiger partial charge in [-0.15, -0.1) is 0 Å². The van der Waals surface area contributed by atoms with Gasteiger partial charge in [-0.05, 0) is 33.8 Å². The number of ether oxygens (including phenoxy) is 2. The molecule has 0 amide bonds. The van der Waals surface area contributed by atoms with Gasteiger partial charge in [-0.3, -0.25) is 0 Å². The smallest absolute Gasteiger partial charge is 0.485 e. The molecule has 0 saturated carbocycles. The molecule has 114 valence electrons. The summed E-state index contributed by atoms with van der Waals surface area (Å²) in [6, 6.07) is 4.77. The second-order valence-corrected chi connectivity index (χ2v) is 6.55. The molecule has 0 radical (unpaired) electrons. The molecule has 2 saturated heterocycles. The van der Waals surface area contributed by atoms with Crippen molar-refractivity contribution < 1.29 is 23.2 Å². The van der Waals surface area contributed by atoms with Gasteiger partial charge in [-0.1, -0.05) is 6.07 Å². The van der Waals surface area contributed by atoms with E-state index >= 15 is 0 Å². The summed E-state index contributed by atoms with van der Waals surface area (Å²) in [5.41, 5.74) is -0.573. The van der Waals surface area contributed by atoms with E-state index in [-0.39, 0.29) is 11.9 Å². The van der Waals surface area contributed by atoms with Crippen molar-refractivity contribution >= 4 is 12.6 Å². The van der Waals surface area contributed by atoms with Gasteiger partial charge in [0, 0.05) is 11.5 Å². The molecule has 21 heavy (non-hydrogen) atoms. The van der Waals surface area contributed by atoms with E-state index in [1.165, 1.54) is 6.07 Å². The Morgan fingerprint density at radius 3 is 2.24 bits per heavy atom. The summed E-state index contributed by atoms with van der Waals surface area (Å²) in [5.74, 6) is 0.118. The van der Waals surface area contributed by atoms with E-state index in [9.17, 15) is 4.39 Å². The molecular formula is C15H20BFO4. The number of hydrogen-bond acceptors (Lipinski definition) is 4. The molecule has 0 N–H and O–H groups in total. The standard InChI is InChI=1S/C15H20BFO4/c1-14(2)15(3,4)21-16(20-14)12-6-5-10(7-13(12)17)19-11-8-18-9-11/h5-7,11H,8-9H2,1-4H3. The molecule has 0 atom stereocenters. The van der Waals surface area contributed by atoms with Gasteiger partial charge in [-0.25, -0.2) is 4.39 Å².